The molecule has 1 aromatic carbocycles. The van der Waals surface area contributed by atoms with Gasteiger partial charge in [0.15, 0.2) is 0 Å². The largest absolute Gasteiger partial charge is 0.328 e. The van der Waals surface area contributed by atoms with Crippen molar-refractivity contribution in [3.63, 3.8) is 0 Å². The molecule has 1 saturated heterocycles. The topological polar surface area (TPSA) is 29.9 Å². The van der Waals surface area contributed by atoms with Crippen molar-refractivity contribution in [2.45, 2.75) is 38.6 Å². The summed E-state index contributed by atoms with van der Waals surface area (Å²) in [6, 6.07) is 4.89. The molecule has 1 aliphatic rings. The van der Waals surface area contributed by atoms with Crippen LogP contribution in [0.5, 0.6) is 0 Å². The molecule has 3 nitrogen and oxygen atoms in total. The van der Waals surface area contributed by atoms with E-state index in [9.17, 15) is 4.39 Å². The van der Waals surface area contributed by atoms with Gasteiger partial charge in [-0.25, -0.2) is 9.37 Å². The van der Waals surface area contributed by atoms with Crippen LogP contribution < -0.4 is 5.32 Å². The van der Waals surface area contributed by atoms with Crippen LogP contribution >= 0.6 is 0 Å². The Bertz CT molecular complexity index is 570. The van der Waals surface area contributed by atoms with Crippen LogP contribution in [0.2, 0.25) is 0 Å². The quantitative estimate of drug-likeness (QED) is 0.920. The highest BCUT2D eigenvalue weighted by molar-refractivity contribution is 5.76. The Balaban J connectivity index is 2.08. The van der Waals surface area contributed by atoms with E-state index in [2.05, 4.69) is 16.8 Å². The average Bonchev–Trinajstić information content (AvgIpc) is 2.79. The highest BCUT2D eigenvalue weighted by atomic mass is 19.1. The highest BCUT2D eigenvalue weighted by Crippen LogP contribution is 2.27. The number of hydrogen-bond donors (Lipinski definition) is 1. The lowest BCUT2D eigenvalue weighted by atomic mass is 9.99. The maximum Gasteiger partial charge on any atom is 0.125 e. The van der Waals surface area contributed by atoms with Crippen LogP contribution in [0, 0.1) is 5.82 Å². The van der Waals surface area contributed by atoms with E-state index in [0.717, 1.165) is 42.9 Å². The summed E-state index contributed by atoms with van der Waals surface area (Å²) in [4.78, 5) is 4.75. The number of aromatic nitrogens is 2. The lowest BCUT2D eigenvalue weighted by Gasteiger charge is -2.23. The molecule has 0 radical (unpaired) electrons. The molecule has 1 unspecified atom stereocenters. The Labute approximate surface area is 112 Å². The molecule has 0 saturated carbocycles. The van der Waals surface area contributed by atoms with Gasteiger partial charge in [-0.3, -0.25) is 0 Å². The molecule has 0 bridgehead atoms. The molecule has 4 heteroatoms. The van der Waals surface area contributed by atoms with Gasteiger partial charge in [0.05, 0.1) is 11.0 Å². The average molecular weight is 261 g/mol. The van der Waals surface area contributed by atoms with Gasteiger partial charge in [-0.05, 0) is 44.0 Å². The molecule has 19 heavy (non-hydrogen) atoms. The van der Waals surface area contributed by atoms with Gasteiger partial charge in [-0.15, -0.1) is 0 Å². The summed E-state index contributed by atoms with van der Waals surface area (Å²) in [5.41, 5.74) is 1.85. The number of aryl methyl sites for hydroxylation is 1. The van der Waals surface area contributed by atoms with Crippen molar-refractivity contribution in [1.82, 2.24) is 14.9 Å². The second-order valence-corrected chi connectivity index (χ2v) is 5.30. The van der Waals surface area contributed by atoms with Crippen LogP contribution in [-0.4, -0.2) is 22.6 Å². The highest BCUT2D eigenvalue weighted by Gasteiger charge is 2.22. The fourth-order valence-electron chi connectivity index (χ4n) is 2.96. The molecular formula is C15H20FN3. The number of piperidine rings is 1. The van der Waals surface area contributed by atoms with Crippen LogP contribution in [0.15, 0.2) is 18.2 Å². The fourth-order valence-corrected chi connectivity index (χ4v) is 2.96. The van der Waals surface area contributed by atoms with Crippen molar-refractivity contribution < 1.29 is 4.39 Å². The smallest absolute Gasteiger partial charge is 0.125 e. The first-order valence-corrected chi connectivity index (χ1v) is 7.16. The fraction of sp³-hybridized carbons (Fsp3) is 0.533. The van der Waals surface area contributed by atoms with Crippen LogP contribution in [0.4, 0.5) is 4.39 Å². The maximum atomic E-state index is 13.5. The van der Waals surface area contributed by atoms with Gasteiger partial charge in [0.25, 0.3) is 0 Å². The van der Waals surface area contributed by atoms with E-state index < -0.39 is 0 Å². The number of nitrogens with zero attached hydrogens (tertiary/aromatic N) is 2. The number of halogens is 1. The summed E-state index contributed by atoms with van der Waals surface area (Å²) >= 11 is 0. The summed E-state index contributed by atoms with van der Waals surface area (Å²) in [5, 5.41) is 3.43. The molecule has 1 aliphatic heterocycles. The number of rotatable bonds is 3. The Kier molecular flexibility index (Phi) is 3.51. The normalized spacial score (nSPS) is 20.0. The van der Waals surface area contributed by atoms with Crippen molar-refractivity contribution in [2.75, 3.05) is 13.1 Å². The molecule has 0 aliphatic carbocycles. The first-order valence-electron chi connectivity index (χ1n) is 7.16. The van der Waals surface area contributed by atoms with Crippen molar-refractivity contribution in [3.8, 4) is 0 Å². The summed E-state index contributed by atoms with van der Waals surface area (Å²) in [6.45, 7) is 5.13. The summed E-state index contributed by atoms with van der Waals surface area (Å²) in [7, 11) is 0. The minimum atomic E-state index is -0.182. The third-order valence-electron chi connectivity index (χ3n) is 3.85. The van der Waals surface area contributed by atoms with Gasteiger partial charge in [0, 0.05) is 19.0 Å². The minimum absolute atomic E-state index is 0.182. The standard InChI is InChI=1S/C15H20FN3/c1-2-8-19-14-9-12(16)5-6-13(14)18-15(19)11-4-3-7-17-10-11/h5-6,9,11,17H,2-4,7-8,10H2,1H3. The molecule has 102 valence electrons. The zero-order valence-corrected chi connectivity index (χ0v) is 11.3. The Morgan fingerprint density at radius 1 is 1.47 bits per heavy atom. The number of fused-ring (bicyclic) bond motifs is 1. The molecule has 2 aromatic rings. The monoisotopic (exact) mass is 261 g/mol. The lowest BCUT2D eigenvalue weighted by molar-refractivity contribution is 0.433. The molecule has 1 N–H and O–H groups in total. The molecule has 1 fully saturated rings. The van der Waals surface area contributed by atoms with Gasteiger partial charge in [-0.1, -0.05) is 6.92 Å². The van der Waals surface area contributed by atoms with E-state index >= 15 is 0 Å². The van der Waals surface area contributed by atoms with E-state index in [4.69, 9.17) is 4.98 Å². The molecule has 1 atom stereocenters. The first-order chi connectivity index (χ1) is 9.29. The Morgan fingerprint density at radius 2 is 2.37 bits per heavy atom. The maximum absolute atomic E-state index is 13.5. The van der Waals surface area contributed by atoms with Gasteiger partial charge in [-0.2, -0.15) is 0 Å². The minimum Gasteiger partial charge on any atom is -0.328 e. The SMILES string of the molecule is CCCn1c(C2CCCNC2)nc2ccc(F)cc21. The molecule has 2 heterocycles. The van der Waals surface area contributed by atoms with Crippen LogP contribution in [0.3, 0.4) is 0 Å². The van der Waals surface area contributed by atoms with Crippen molar-refractivity contribution in [1.29, 1.82) is 0 Å². The summed E-state index contributed by atoms with van der Waals surface area (Å²) in [6.07, 6.45) is 3.39. The number of nitrogens with one attached hydrogen (secondary N) is 1. The molecule has 0 spiro atoms. The number of imidazole rings is 1. The Hall–Kier alpha value is -1.42. The Morgan fingerprint density at radius 3 is 3.11 bits per heavy atom. The number of benzene rings is 1. The van der Waals surface area contributed by atoms with Crippen molar-refractivity contribution in [2.24, 2.45) is 0 Å². The second kappa shape index (κ2) is 5.29. The van der Waals surface area contributed by atoms with Crippen LogP contribution in [0.25, 0.3) is 11.0 Å². The van der Waals surface area contributed by atoms with Crippen molar-refractivity contribution in [3.05, 3.63) is 29.8 Å². The lowest BCUT2D eigenvalue weighted by Crippen LogP contribution is -2.30. The summed E-state index contributed by atoms with van der Waals surface area (Å²) in [5.74, 6) is 1.39. The van der Waals surface area contributed by atoms with Gasteiger partial charge in [0.2, 0.25) is 0 Å². The van der Waals surface area contributed by atoms with E-state index in [-0.39, 0.29) is 5.82 Å². The molecule has 1 aromatic heterocycles. The third kappa shape index (κ3) is 2.37. The van der Waals surface area contributed by atoms with E-state index in [0.29, 0.717) is 5.92 Å². The van der Waals surface area contributed by atoms with E-state index in [1.54, 1.807) is 12.1 Å². The van der Waals surface area contributed by atoms with Gasteiger partial charge < -0.3 is 9.88 Å². The predicted octanol–water partition coefficient (Wildman–Crippen LogP) is 3.05. The second-order valence-electron chi connectivity index (χ2n) is 5.30. The zero-order chi connectivity index (χ0) is 13.2. The van der Waals surface area contributed by atoms with Crippen molar-refractivity contribution >= 4 is 11.0 Å². The van der Waals surface area contributed by atoms with E-state index in [1.807, 2.05) is 0 Å². The predicted molar refractivity (Wildman–Crippen MR) is 74.8 cm³/mol. The van der Waals surface area contributed by atoms with Gasteiger partial charge in [0.1, 0.15) is 11.6 Å². The van der Waals surface area contributed by atoms with E-state index in [1.165, 1.54) is 18.9 Å². The zero-order valence-electron chi connectivity index (χ0n) is 11.3. The van der Waals surface area contributed by atoms with Crippen LogP contribution in [0.1, 0.15) is 37.9 Å². The number of hydrogen-bond acceptors (Lipinski definition) is 2. The van der Waals surface area contributed by atoms with Crippen LogP contribution in [-0.2, 0) is 6.54 Å². The molecular weight excluding hydrogens is 241 g/mol. The molecule has 3 rings (SSSR count). The third-order valence-corrected chi connectivity index (χ3v) is 3.85. The molecule has 0 amide bonds. The summed E-state index contributed by atoms with van der Waals surface area (Å²) < 4.78 is 15.7. The van der Waals surface area contributed by atoms with Gasteiger partial charge >= 0.3 is 0 Å². The first kappa shape index (κ1) is 12.6.